The minimum Gasteiger partial charge on any atom is -0.491 e. The van der Waals surface area contributed by atoms with E-state index < -0.39 is 16.8 Å². The summed E-state index contributed by atoms with van der Waals surface area (Å²) in [6.07, 6.45) is 0.632. The van der Waals surface area contributed by atoms with E-state index in [-0.39, 0.29) is 13.2 Å². The van der Waals surface area contributed by atoms with Crippen molar-refractivity contribution in [1.29, 1.82) is 0 Å². The molecule has 1 atom stereocenters. The lowest BCUT2D eigenvalue weighted by Crippen LogP contribution is -2.21. The normalized spacial score (nSPS) is 13.1. The number of aliphatic hydroxyl groups is 2. The van der Waals surface area contributed by atoms with Crippen LogP contribution in [0.1, 0.15) is 16.7 Å². The van der Waals surface area contributed by atoms with Gasteiger partial charge in [0.15, 0.2) is 10.7 Å². The highest BCUT2D eigenvalue weighted by Gasteiger charge is 2.06. The Morgan fingerprint density at radius 1 is 1.32 bits per heavy atom. The number of hydrogen-bond acceptors (Lipinski definition) is 5. The molecule has 0 heterocycles. The fraction of sp³-hybridized carbons (Fsp3) is 0.385. The van der Waals surface area contributed by atoms with Gasteiger partial charge in [-0.25, -0.2) is 8.42 Å². The van der Waals surface area contributed by atoms with Crippen molar-refractivity contribution in [3.05, 3.63) is 34.2 Å². The molecule has 0 fully saturated rings. The number of thiol groups is 1. The van der Waals surface area contributed by atoms with Crippen LogP contribution in [0.15, 0.2) is 17.5 Å². The molecule has 0 unspecified atom stereocenters. The average Bonchev–Trinajstić information content (AvgIpc) is 2.34. The third-order valence-corrected chi connectivity index (χ3v) is 2.98. The van der Waals surface area contributed by atoms with Crippen LogP contribution in [0.5, 0.6) is 5.75 Å². The van der Waals surface area contributed by atoms with Gasteiger partial charge < -0.3 is 14.9 Å². The zero-order chi connectivity index (χ0) is 14.4. The Bertz CT molecular complexity index is 503. The van der Waals surface area contributed by atoms with E-state index in [1.807, 2.05) is 13.8 Å². The first-order chi connectivity index (χ1) is 8.93. The number of aliphatic hydroxyl groups excluding tert-OH is 2. The number of aryl methyl sites for hydroxylation is 2. The lowest BCUT2D eigenvalue weighted by molar-refractivity contribution is 0.0536. The molecule has 0 saturated carbocycles. The Kier molecular flexibility index (Phi) is 6.01. The third kappa shape index (κ3) is 5.02. The molecule has 1 rings (SSSR count). The second-order valence-electron chi connectivity index (χ2n) is 4.22. The molecule has 0 saturated heterocycles. The predicted molar refractivity (Wildman–Crippen MR) is 73.9 cm³/mol. The first-order valence-electron chi connectivity index (χ1n) is 5.78. The van der Waals surface area contributed by atoms with Crippen molar-refractivity contribution in [3.63, 3.8) is 0 Å². The van der Waals surface area contributed by atoms with Crippen molar-refractivity contribution in [2.45, 2.75) is 20.0 Å². The summed E-state index contributed by atoms with van der Waals surface area (Å²) in [4.78, 5) is 0. The van der Waals surface area contributed by atoms with Crippen molar-refractivity contribution in [2.24, 2.45) is 0 Å². The average molecular weight is 286 g/mol. The van der Waals surface area contributed by atoms with Crippen LogP contribution in [0.2, 0.25) is 0 Å². The minimum atomic E-state index is -2.55. The van der Waals surface area contributed by atoms with Crippen LogP contribution in [0.4, 0.5) is 0 Å². The molecule has 1 aromatic carbocycles. The van der Waals surface area contributed by atoms with E-state index in [0.29, 0.717) is 5.75 Å². The Hall–Kier alpha value is -1.37. The highest BCUT2D eigenvalue weighted by atomic mass is 32.2. The predicted octanol–water partition coefficient (Wildman–Crippen LogP) is 0.618. The van der Waals surface area contributed by atoms with Gasteiger partial charge in [-0.15, -0.1) is 0 Å². The summed E-state index contributed by atoms with van der Waals surface area (Å²) in [6.45, 7) is 3.35. The Labute approximate surface area is 114 Å². The molecule has 6 heteroatoms. The Morgan fingerprint density at radius 3 is 2.37 bits per heavy atom. The molecule has 0 aromatic heterocycles. The number of benzene rings is 1. The highest BCUT2D eigenvalue weighted by molar-refractivity contribution is 7.75. The molecule has 2 N–H and O–H groups in total. The van der Waals surface area contributed by atoms with Crippen LogP contribution in [-0.2, 0) is 10.7 Å². The molecule has 106 valence electrons. The molecule has 0 radical (unpaired) electrons. The van der Waals surface area contributed by atoms with Gasteiger partial charge in [0.2, 0.25) is 0 Å². The zero-order valence-electron chi connectivity index (χ0n) is 10.9. The van der Waals surface area contributed by atoms with E-state index in [0.717, 1.165) is 22.1 Å². The van der Waals surface area contributed by atoms with Gasteiger partial charge in [-0.3, -0.25) is 0 Å². The van der Waals surface area contributed by atoms with Gasteiger partial charge in [0, 0.05) is 5.41 Å². The quantitative estimate of drug-likeness (QED) is 0.668. The maximum absolute atomic E-state index is 10.5. The molecular formula is C13H18O5S. The first kappa shape index (κ1) is 15.7. The van der Waals surface area contributed by atoms with E-state index in [1.165, 1.54) is 0 Å². The van der Waals surface area contributed by atoms with Crippen LogP contribution < -0.4 is 4.74 Å². The second-order valence-corrected chi connectivity index (χ2v) is 5.09. The molecular weight excluding hydrogens is 268 g/mol. The number of hydrogen-bond donors (Lipinski definition) is 3. The number of rotatable bonds is 6. The van der Waals surface area contributed by atoms with Crippen molar-refractivity contribution in [2.75, 3.05) is 13.2 Å². The zero-order valence-corrected chi connectivity index (χ0v) is 11.8. The smallest absolute Gasteiger partial charge is 0.161 e. The fourth-order valence-electron chi connectivity index (χ4n) is 1.66. The van der Waals surface area contributed by atoms with Gasteiger partial charge >= 0.3 is 0 Å². The van der Waals surface area contributed by atoms with E-state index in [4.69, 9.17) is 9.84 Å². The molecule has 5 nitrogen and oxygen atoms in total. The molecule has 0 bridgehead atoms. The van der Waals surface area contributed by atoms with Crippen molar-refractivity contribution < 1.29 is 23.4 Å². The number of ether oxygens (including phenoxy) is 1. The van der Waals surface area contributed by atoms with Crippen molar-refractivity contribution >= 4 is 16.8 Å². The molecule has 19 heavy (non-hydrogen) atoms. The third-order valence-electron chi connectivity index (χ3n) is 2.58. The Morgan fingerprint density at radius 2 is 1.89 bits per heavy atom. The van der Waals surface area contributed by atoms with Gasteiger partial charge in [0.1, 0.15) is 18.5 Å². The van der Waals surface area contributed by atoms with Gasteiger partial charge in [-0.05, 0) is 48.7 Å². The lowest BCUT2D eigenvalue weighted by Gasteiger charge is -2.13. The van der Waals surface area contributed by atoms with Crippen molar-refractivity contribution in [1.82, 2.24) is 0 Å². The maximum atomic E-state index is 10.5. The van der Waals surface area contributed by atoms with E-state index in [1.54, 1.807) is 18.2 Å². The van der Waals surface area contributed by atoms with E-state index in [9.17, 15) is 13.5 Å². The first-order valence-corrected chi connectivity index (χ1v) is 7.03. The summed E-state index contributed by atoms with van der Waals surface area (Å²) in [5, 5.41) is 19.0. The minimum absolute atomic E-state index is 0.0109. The summed E-state index contributed by atoms with van der Waals surface area (Å²) in [6, 6.07) is 3.52. The topological polar surface area (TPSA) is 83.8 Å². The second kappa shape index (κ2) is 7.28. The summed E-state index contributed by atoms with van der Waals surface area (Å²) in [5.74, 6) is 0.575. The van der Waals surface area contributed by atoms with Crippen LogP contribution in [0, 0.1) is 13.8 Å². The van der Waals surface area contributed by atoms with Crippen LogP contribution in [-0.4, -0.2) is 37.9 Å². The van der Waals surface area contributed by atoms with Gasteiger partial charge in [-0.2, -0.15) is 0 Å². The molecule has 0 aliphatic heterocycles. The van der Waals surface area contributed by atoms with Gasteiger partial charge in [-0.1, -0.05) is 0 Å². The summed E-state index contributed by atoms with van der Waals surface area (Å²) < 4.78 is 26.4. The van der Waals surface area contributed by atoms with Crippen molar-refractivity contribution in [3.8, 4) is 5.75 Å². The van der Waals surface area contributed by atoms with Crippen LogP contribution in [0.3, 0.4) is 0 Å². The van der Waals surface area contributed by atoms with Crippen LogP contribution in [0.25, 0.3) is 6.08 Å². The molecule has 0 aliphatic rings. The fourth-order valence-corrected chi connectivity index (χ4v) is 1.93. The molecule has 0 spiro atoms. The lowest BCUT2D eigenvalue weighted by atomic mass is 10.0. The summed E-state index contributed by atoms with van der Waals surface area (Å²) in [5.41, 5.74) is 2.58. The maximum Gasteiger partial charge on any atom is 0.161 e. The van der Waals surface area contributed by atoms with Crippen LogP contribution >= 0.6 is 0 Å². The standard InChI is InChI=1S/C13H18O5S/c1-9-5-12(18-8-11(15)7-14)6-10(2)13(9)3-4-19(16)17/h3-6,11,14-15,19H,7-8H2,1-2H3/b4-3+/t11-/m1/s1. The highest BCUT2D eigenvalue weighted by Crippen LogP contribution is 2.23. The largest absolute Gasteiger partial charge is 0.491 e. The molecule has 1 aromatic rings. The Balaban J connectivity index is 2.90. The van der Waals surface area contributed by atoms with E-state index in [2.05, 4.69) is 0 Å². The monoisotopic (exact) mass is 286 g/mol. The van der Waals surface area contributed by atoms with E-state index >= 15 is 0 Å². The summed E-state index contributed by atoms with van der Waals surface area (Å²) in [7, 11) is -2.55. The SMILES string of the molecule is Cc1cc(OC[C@H](O)CO)cc(C)c1/C=C/[SH](=O)=O. The molecule has 0 aliphatic carbocycles. The molecule has 0 amide bonds. The summed E-state index contributed by atoms with van der Waals surface area (Å²) >= 11 is 0. The van der Waals surface area contributed by atoms with Gasteiger partial charge in [0.05, 0.1) is 6.61 Å². The van der Waals surface area contributed by atoms with Gasteiger partial charge in [0.25, 0.3) is 0 Å².